The van der Waals surface area contributed by atoms with Gasteiger partial charge in [0.1, 0.15) is 0 Å². The van der Waals surface area contributed by atoms with Crippen molar-refractivity contribution in [3.05, 3.63) is 0 Å². The molecule has 0 saturated carbocycles. The number of carbonyl (C=O) groups excluding carboxylic acids is 1. The summed E-state index contributed by atoms with van der Waals surface area (Å²) < 4.78 is 0. The number of carbonyl (C=O) groups is 1. The summed E-state index contributed by atoms with van der Waals surface area (Å²) in [7, 11) is 1.89. The lowest BCUT2D eigenvalue weighted by Gasteiger charge is -2.26. The maximum atomic E-state index is 10.9. The monoisotopic (exact) mass is 231 g/mol. The zero-order valence-corrected chi connectivity index (χ0v) is 10.9. The van der Waals surface area contributed by atoms with Crippen molar-refractivity contribution in [2.75, 3.05) is 26.7 Å². The third-order valence-corrected chi connectivity index (χ3v) is 2.23. The number of nitrogens with two attached hydrogens (primary N) is 1. The predicted molar refractivity (Wildman–Crippen MR) is 64.8 cm³/mol. The van der Waals surface area contributed by atoms with Crippen LogP contribution in [0.5, 0.6) is 0 Å². The van der Waals surface area contributed by atoms with Gasteiger partial charge in [-0.05, 0) is 33.2 Å². The maximum absolute atomic E-state index is 10.9. The second-order valence-electron chi connectivity index (χ2n) is 4.64. The average molecular weight is 231 g/mol. The molecule has 0 radical (unpaired) electrons. The molecule has 16 heavy (non-hydrogen) atoms. The van der Waals surface area contributed by atoms with Crippen LogP contribution in [-0.2, 0) is 9.63 Å². The van der Waals surface area contributed by atoms with Crippen LogP contribution >= 0.6 is 0 Å². The highest BCUT2D eigenvalue weighted by Gasteiger charge is 2.18. The van der Waals surface area contributed by atoms with Gasteiger partial charge in [-0.25, -0.2) is 0 Å². The van der Waals surface area contributed by atoms with Crippen LogP contribution in [0.15, 0.2) is 0 Å². The molecule has 0 aliphatic rings. The Kier molecular flexibility index (Phi) is 7.29. The van der Waals surface area contributed by atoms with Gasteiger partial charge in [-0.2, -0.15) is 5.06 Å². The molecule has 3 N–H and O–H groups in total. The summed E-state index contributed by atoms with van der Waals surface area (Å²) in [5.74, 6) is -0.0125. The summed E-state index contributed by atoms with van der Waals surface area (Å²) >= 11 is 0. The Balaban J connectivity index is 3.67. The first-order chi connectivity index (χ1) is 7.37. The first-order valence-electron chi connectivity index (χ1n) is 5.70. The van der Waals surface area contributed by atoms with E-state index in [-0.39, 0.29) is 11.4 Å². The largest absolute Gasteiger partial charge is 0.351 e. The van der Waals surface area contributed by atoms with Crippen molar-refractivity contribution >= 4 is 5.91 Å². The third kappa shape index (κ3) is 8.64. The van der Waals surface area contributed by atoms with E-state index < -0.39 is 0 Å². The number of hydrogen-bond donors (Lipinski definition) is 2. The molecule has 0 aromatic carbocycles. The second kappa shape index (κ2) is 7.60. The Morgan fingerprint density at radius 1 is 1.50 bits per heavy atom. The molecule has 1 amide bonds. The number of hydroxylamine groups is 2. The van der Waals surface area contributed by atoms with Gasteiger partial charge < -0.3 is 11.1 Å². The average Bonchev–Trinajstić information content (AvgIpc) is 2.12. The molecule has 0 fully saturated rings. The molecule has 0 spiro atoms. The van der Waals surface area contributed by atoms with Gasteiger partial charge >= 0.3 is 0 Å². The highest BCUT2D eigenvalue weighted by atomic mass is 16.7. The van der Waals surface area contributed by atoms with Crippen LogP contribution in [0.1, 0.15) is 33.6 Å². The summed E-state index contributed by atoms with van der Waals surface area (Å²) in [5, 5.41) is 4.67. The van der Waals surface area contributed by atoms with Gasteiger partial charge in [0.2, 0.25) is 5.91 Å². The topological polar surface area (TPSA) is 67.6 Å². The van der Waals surface area contributed by atoms with Gasteiger partial charge in [-0.1, -0.05) is 0 Å². The summed E-state index contributed by atoms with van der Waals surface area (Å²) in [4.78, 5) is 16.4. The van der Waals surface area contributed by atoms with Crippen molar-refractivity contribution in [2.45, 2.75) is 39.2 Å². The van der Waals surface area contributed by atoms with Crippen LogP contribution < -0.4 is 11.1 Å². The van der Waals surface area contributed by atoms with Gasteiger partial charge in [0, 0.05) is 26.1 Å². The lowest BCUT2D eigenvalue weighted by Crippen LogP contribution is -2.43. The summed E-state index contributed by atoms with van der Waals surface area (Å²) in [6.45, 7) is 7.59. The maximum Gasteiger partial charge on any atom is 0.217 e. The fourth-order valence-electron chi connectivity index (χ4n) is 1.37. The summed E-state index contributed by atoms with van der Waals surface area (Å²) in [6.07, 6.45) is 1.70. The van der Waals surface area contributed by atoms with Gasteiger partial charge in [0.05, 0.1) is 6.61 Å². The minimum absolute atomic E-state index is 0.0125. The lowest BCUT2D eigenvalue weighted by atomic mass is 10.0. The Bertz CT molecular complexity index is 207. The normalized spacial score (nSPS) is 11.9. The fraction of sp³-hybridized carbons (Fsp3) is 0.909. The molecule has 0 aliphatic carbocycles. The minimum atomic E-state index is -0.222. The Morgan fingerprint density at radius 2 is 2.12 bits per heavy atom. The quantitative estimate of drug-likeness (QED) is 0.597. The third-order valence-electron chi connectivity index (χ3n) is 2.23. The molecule has 0 aliphatic heterocycles. The van der Waals surface area contributed by atoms with Crippen molar-refractivity contribution in [1.82, 2.24) is 10.4 Å². The van der Waals surface area contributed by atoms with Crippen LogP contribution in [0.3, 0.4) is 0 Å². The van der Waals surface area contributed by atoms with Crippen molar-refractivity contribution in [3.63, 3.8) is 0 Å². The lowest BCUT2D eigenvalue weighted by molar-refractivity contribution is -0.144. The fourth-order valence-corrected chi connectivity index (χ4v) is 1.37. The zero-order valence-electron chi connectivity index (χ0n) is 10.9. The van der Waals surface area contributed by atoms with Gasteiger partial charge in [0.15, 0.2) is 0 Å². The van der Waals surface area contributed by atoms with Crippen molar-refractivity contribution < 1.29 is 9.63 Å². The number of amides is 1. The van der Waals surface area contributed by atoms with Crippen molar-refractivity contribution in [3.8, 4) is 0 Å². The summed E-state index contributed by atoms with van der Waals surface area (Å²) in [6, 6.07) is 0. The number of nitrogens with one attached hydrogen (secondary N) is 1. The first-order valence-corrected chi connectivity index (χ1v) is 5.70. The molecule has 5 heteroatoms. The first kappa shape index (κ1) is 15.3. The molecule has 0 aromatic rings. The van der Waals surface area contributed by atoms with Gasteiger partial charge in [-0.15, -0.1) is 0 Å². The Labute approximate surface area is 98.3 Å². The van der Waals surface area contributed by atoms with E-state index in [1.54, 1.807) is 5.06 Å². The SMILES string of the molecule is CC(=O)NC(C)(C)CCON(C)CCCN. The van der Waals surface area contributed by atoms with E-state index in [2.05, 4.69) is 5.32 Å². The van der Waals surface area contributed by atoms with Crippen LogP contribution in [0.2, 0.25) is 0 Å². The van der Waals surface area contributed by atoms with Crippen molar-refractivity contribution in [1.29, 1.82) is 0 Å². The van der Waals surface area contributed by atoms with E-state index in [1.165, 1.54) is 6.92 Å². The van der Waals surface area contributed by atoms with Crippen LogP contribution in [0.25, 0.3) is 0 Å². The standard InChI is InChI=1S/C11H25N3O2/c1-10(15)13-11(2,3)6-9-16-14(4)8-5-7-12/h5-9,12H2,1-4H3,(H,13,15). The number of rotatable bonds is 8. The van der Waals surface area contributed by atoms with Crippen LogP contribution in [-0.4, -0.2) is 43.3 Å². The van der Waals surface area contributed by atoms with Crippen molar-refractivity contribution in [2.24, 2.45) is 5.73 Å². The second-order valence-corrected chi connectivity index (χ2v) is 4.64. The molecule has 0 atom stereocenters. The molecule has 5 nitrogen and oxygen atoms in total. The van der Waals surface area contributed by atoms with E-state index in [4.69, 9.17) is 10.6 Å². The van der Waals surface area contributed by atoms with E-state index in [0.717, 1.165) is 19.4 Å². The highest BCUT2D eigenvalue weighted by Crippen LogP contribution is 2.08. The molecule has 0 aromatic heterocycles. The van der Waals surface area contributed by atoms with Gasteiger partial charge in [-0.3, -0.25) is 9.63 Å². The minimum Gasteiger partial charge on any atom is -0.351 e. The van der Waals surface area contributed by atoms with E-state index in [9.17, 15) is 4.79 Å². The van der Waals surface area contributed by atoms with Gasteiger partial charge in [0.25, 0.3) is 0 Å². The molecule has 0 rings (SSSR count). The Morgan fingerprint density at radius 3 is 2.62 bits per heavy atom. The van der Waals surface area contributed by atoms with E-state index in [1.807, 2.05) is 20.9 Å². The summed E-state index contributed by atoms with van der Waals surface area (Å²) in [5.41, 5.74) is 5.18. The van der Waals surface area contributed by atoms with Crippen LogP contribution in [0, 0.1) is 0 Å². The molecular formula is C11H25N3O2. The van der Waals surface area contributed by atoms with Crippen LogP contribution in [0.4, 0.5) is 0 Å². The smallest absolute Gasteiger partial charge is 0.217 e. The molecule has 0 unspecified atom stereocenters. The number of nitrogens with zero attached hydrogens (tertiary/aromatic N) is 1. The zero-order chi connectivity index (χ0) is 12.6. The predicted octanol–water partition coefficient (Wildman–Crippen LogP) is 0.503. The molecule has 0 saturated heterocycles. The van der Waals surface area contributed by atoms with E-state index >= 15 is 0 Å². The Hall–Kier alpha value is -0.650. The number of hydrogen-bond acceptors (Lipinski definition) is 4. The highest BCUT2D eigenvalue weighted by molar-refractivity contribution is 5.73. The van der Waals surface area contributed by atoms with E-state index in [0.29, 0.717) is 13.2 Å². The molecule has 0 heterocycles. The molecule has 0 bridgehead atoms. The molecule has 96 valence electrons. The molecular weight excluding hydrogens is 206 g/mol.